The first-order chi connectivity index (χ1) is 10.0. The van der Waals surface area contributed by atoms with Gasteiger partial charge in [-0.05, 0) is 13.3 Å². The number of unbranched alkanes of at least 4 members (excludes halogenated alkanes) is 1. The number of aliphatic carboxylic acids is 1. The van der Waals surface area contributed by atoms with E-state index in [2.05, 4.69) is 15.5 Å². The van der Waals surface area contributed by atoms with Crippen LogP contribution in [0.1, 0.15) is 33.1 Å². The van der Waals surface area contributed by atoms with Crippen LogP contribution in [0.4, 0.5) is 4.79 Å². The summed E-state index contributed by atoms with van der Waals surface area (Å²) < 4.78 is 5.27. The van der Waals surface area contributed by atoms with Gasteiger partial charge in [0, 0.05) is 25.7 Å². The second kappa shape index (κ2) is 9.57. The van der Waals surface area contributed by atoms with Gasteiger partial charge < -0.3 is 20.5 Å². The summed E-state index contributed by atoms with van der Waals surface area (Å²) in [5.41, 5.74) is 0. The number of nitrogens with one attached hydrogen (secondary N) is 2. The Hall–Kier alpha value is -1.34. The third-order valence-electron chi connectivity index (χ3n) is 3.46. The molecule has 0 aromatic carbocycles. The monoisotopic (exact) mass is 301 g/mol. The van der Waals surface area contributed by atoms with E-state index in [0.717, 1.165) is 45.7 Å². The van der Waals surface area contributed by atoms with Gasteiger partial charge in [-0.15, -0.1) is 0 Å². The predicted octanol–water partition coefficient (Wildman–Crippen LogP) is 0.650. The third-order valence-corrected chi connectivity index (χ3v) is 3.46. The Kier molecular flexibility index (Phi) is 8.07. The zero-order valence-electron chi connectivity index (χ0n) is 12.9. The van der Waals surface area contributed by atoms with Gasteiger partial charge in [0.2, 0.25) is 0 Å². The number of rotatable bonds is 8. The Morgan fingerprint density at radius 2 is 1.95 bits per heavy atom. The normalized spacial score (nSPS) is 18.8. The van der Waals surface area contributed by atoms with Crippen molar-refractivity contribution in [1.82, 2.24) is 15.5 Å². The first kappa shape index (κ1) is 17.7. The van der Waals surface area contributed by atoms with Crippen molar-refractivity contribution in [2.24, 2.45) is 0 Å². The van der Waals surface area contributed by atoms with Crippen LogP contribution in [-0.4, -0.2) is 66.9 Å². The molecule has 21 heavy (non-hydrogen) atoms. The van der Waals surface area contributed by atoms with E-state index < -0.39 is 18.0 Å². The Morgan fingerprint density at radius 1 is 1.29 bits per heavy atom. The molecule has 1 fully saturated rings. The van der Waals surface area contributed by atoms with E-state index in [4.69, 9.17) is 9.84 Å². The molecule has 1 aliphatic heterocycles. The number of carboxylic acid groups (broad SMARTS) is 1. The standard InChI is InChI=1S/C14H27N3O4/c1-3-4-5-12(13(18)19)16-14(20)15-11(2)10-17-6-8-21-9-7-17/h11-12H,3-10H2,1-2H3,(H,18,19)(H2,15,16,20)/t11?,12-/m0/s1. The lowest BCUT2D eigenvalue weighted by molar-refractivity contribution is -0.139. The van der Waals surface area contributed by atoms with Crippen molar-refractivity contribution in [2.45, 2.75) is 45.2 Å². The van der Waals surface area contributed by atoms with Gasteiger partial charge >= 0.3 is 12.0 Å². The molecule has 0 aromatic heterocycles. The second-order valence-corrected chi connectivity index (χ2v) is 5.46. The third kappa shape index (κ3) is 7.29. The molecule has 1 saturated heterocycles. The summed E-state index contributed by atoms with van der Waals surface area (Å²) in [6.45, 7) is 7.81. The maximum atomic E-state index is 11.8. The van der Waals surface area contributed by atoms with E-state index >= 15 is 0 Å². The fraction of sp³-hybridized carbons (Fsp3) is 0.857. The molecule has 0 saturated carbocycles. The summed E-state index contributed by atoms with van der Waals surface area (Å²) in [5, 5.41) is 14.4. The van der Waals surface area contributed by atoms with Crippen molar-refractivity contribution in [1.29, 1.82) is 0 Å². The van der Waals surface area contributed by atoms with Gasteiger partial charge in [-0.1, -0.05) is 19.8 Å². The second-order valence-electron chi connectivity index (χ2n) is 5.46. The molecular formula is C14H27N3O4. The molecule has 7 nitrogen and oxygen atoms in total. The van der Waals surface area contributed by atoms with Crippen LogP contribution in [0.2, 0.25) is 0 Å². The lowest BCUT2D eigenvalue weighted by atomic mass is 10.1. The van der Waals surface area contributed by atoms with Crippen molar-refractivity contribution in [3.63, 3.8) is 0 Å². The lowest BCUT2D eigenvalue weighted by Gasteiger charge is -2.29. The molecule has 0 aliphatic carbocycles. The molecule has 2 atom stereocenters. The van der Waals surface area contributed by atoms with Crippen molar-refractivity contribution in [3.05, 3.63) is 0 Å². The van der Waals surface area contributed by atoms with Crippen molar-refractivity contribution in [2.75, 3.05) is 32.8 Å². The molecule has 3 N–H and O–H groups in total. The Labute approximate surface area is 126 Å². The van der Waals surface area contributed by atoms with Crippen LogP contribution in [0.25, 0.3) is 0 Å². The summed E-state index contributed by atoms with van der Waals surface area (Å²) in [6, 6.07) is -1.27. The van der Waals surface area contributed by atoms with Crippen molar-refractivity contribution in [3.8, 4) is 0 Å². The largest absolute Gasteiger partial charge is 0.480 e. The summed E-state index contributed by atoms with van der Waals surface area (Å²) >= 11 is 0. The number of amides is 2. The molecule has 1 rings (SSSR count). The van der Waals surface area contributed by atoms with E-state index in [-0.39, 0.29) is 6.04 Å². The predicted molar refractivity (Wildman–Crippen MR) is 79.3 cm³/mol. The summed E-state index contributed by atoms with van der Waals surface area (Å²) in [4.78, 5) is 25.1. The maximum absolute atomic E-state index is 11.8. The molecule has 1 aliphatic rings. The van der Waals surface area contributed by atoms with Gasteiger partial charge in [0.1, 0.15) is 6.04 Å². The number of urea groups is 1. The quantitative estimate of drug-likeness (QED) is 0.612. The average Bonchev–Trinajstić information content (AvgIpc) is 2.44. The highest BCUT2D eigenvalue weighted by Crippen LogP contribution is 2.01. The minimum Gasteiger partial charge on any atom is -0.480 e. The van der Waals surface area contributed by atoms with Gasteiger partial charge in [-0.2, -0.15) is 0 Å². The van der Waals surface area contributed by atoms with Gasteiger partial charge in [0.05, 0.1) is 13.2 Å². The fourth-order valence-corrected chi connectivity index (χ4v) is 2.31. The number of ether oxygens (including phenoxy) is 1. The highest BCUT2D eigenvalue weighted by Gasteiger charge is 2.21. The van der Waals surface area contributed by atoms with Gasteiger partial charge in [0.15, 0.2) is 0 Å². The molecule has 1 unspecified atom stereocenters. The van der Waals surface area contributed by atoms with Gasteiger partial charge in [0.25, 0.3) is 0 Å². The number of morpholine rings is 1. The number of nitrogens with zero attached hydrogens (tertiary/aromatic N) is 1. The molecule has 0 radical (unpaired) electrons. The smallest absolute Gasteiger partial charge is 0.326 e. The van der Waals surface area contributed by atoms with Crippen LogP contribution in [0.15, 0.2) is 0 Å². The van der Waals surface area contributed by atoms with Crippen LogP contribution in [0.3, 0.4) is 0 Å². The van der Waals surface area contributed by atoms with Gasteiger partial charge in [-0.3, -0.25) is 4.90 Å². The number of hydrogen-bond acceptors (Lipinski definition) is 4. The topological polar surface area (TPSA) is 90.9 Å². The minimum absolute atomic E-state index is 0.0382. The van der Waals surface area contributed by atoms with Crippen LogP contribution in [0, 0.1) is 0 Å². The molecule has 1 heterocycles. The number of hydrogen-bond donors (Lipinski definition) is 3. The molecule has 0 aromatic rings. The van der Waals surface area contributed by atoms with E-state index in [1.165, 1.54) is 0 Å². The lowest BCUT2D eigenvalue weighted by Crippen LogP contribution is -2.51. The highest BCUT2D eigenvalue weighted by molar-refractivity contribution is 5.82. The van der Waals surface area contributed by atoms with Gasteiger partial charge in [-0.25, -0.2) is 9.59 Å². The average molecular weight is 301 g/mol. The zero-order chi connectivity index (χ0) is 15.7. The van der Waals surface area contributed by atoms with Crippen LogP contribution < -0.4 is 10.6 Å². The summed E-state index contributed by atoms with van der Waals surface area (Å²) in [7, 11) is 0. The number of carbonyl (C=O) groups is 2. The fourth-order valence-electron chi connectivity index (χ4n) is 2.31. The molecule has 2 amide bonds. The Bertz CT molecular complexity index is 332. The van der Waals surface area contributed by atoms with E-state index in [1.807, 2.05) is 13.8 Å². The molecular weight excluding hydrogens is 274 g/mol. The van der Waals surface area contributed by atoms with Crippen molar-refractivity contribution < 1.29 is 19.4 Å². The molecule has 0 spiro atoms. The molecule has 0 bridgehead atoms. The highest BCUT2D eigenvalue weighted by atomic mass is 16.5. The first-order valence-electron chi connectivity index (χ1n) is 7.62. The molecule has 122 valence electrons. The summed E-state index contributed by atoms with van der Waals surface area (Å²) in [5.74, 6) is -0.987. The Balaban J connectivity index is 2.31. The minimum atomic E-state index is -0.987. The zero-order valence-corrected chi connectivity index (χ0v) is 12.9. The molecule has 7 heteroatoms. The Morgan fingerprint density at radius 3 is 2.52 bits per heavy atom. The number of carboxylic acids is 1. The SMILES string of the molecule is CCCC[C@H](NC(=O)NC(C)CN1CCOCC1)C(=O)O. The van der Waals surface area contributed by atoms with Crippen LogP contribution >= 0.6 is 0 Å². The van der Waals surface area contributed by atoms with E-state index in [0.29, 0.717) is 6.42 Å². The maximum Gasteiger partial charge on any atom is 0.326 e. The van der Waals surface area contributed by atoms with E-state index in [9.17, 15) is 9.59 Å². The van der Waals surface area contributed by atoms with Crippen LogP contribution in [-0.2, 0) is 9.53 Å². The van der Waals surface area contributed by atoms with Crippen molar-refractivity contribution >= 4 is 12.0 Å². The first-order valence-corrected chi connectivity index (χ1v) is 7.62. The van der Waals surface area contributed by atoms with E-state index in [1.54, 1.807) is 0 Å². The number of carbonyl (C=O) groups excluding carboxylic acids is 1. The van der Waals surface area contributed by atoms with Crippen LogP contribution in [0.5, 0.6) is 0 Å². The summed E-state index contributed by atoms with van der Waals surface area (Å²) in [6.07, 6.45) is 2.14.